The van der Waals surface area contributed by atoms with E-state index in [4.69, 9.17) is 14.0 Å². The third-order valence-corrected chi connectivity index (χ3v) is 3.64. The van der Waals surface area contributed by atoms with Gasteiger partial charge in [-0.05, 0) is 50.5 Å². The van der Waals surface area contributed by atoms with Crippen LogP contribution in [0.4, 0.5) is 0 Å². The Hall–Kier alpha value is -2.50. The largest absolute Gasteiger partial charge is 0.486 e. The fraction of sp³-hybridized carbons (Fsp3) is 0.412. The fourth-order valence-electron chi connectivity index (χ4n) is 2.44. The highest BCUT2D eigenvalue weighted by Crippen LogP contribution is 2.21. The van der Waals surface area contributed by atoms with Crippen LogP contribution < -0.4 is 14.8 Å². The van der Waals surface area contributed by atoms with Crippen LogP contribution in [-0.2, 0) is 11.4 Å². The molecule has 1 fully saturated rings. The van der Waals surface area contributed by atoms with Crippen molar-refractivity contribution in [1.29, 1.82) is 0 Å². The van der Waals surface area contributed by atoms with Crippen LogP contribution in [0.15, 0.2) is 34.9 Å². The molecule has 6 heteroatoms. The summed E-state index contributed by atoms with van der Waals surface area (Å²) >= 11 is 0. The molecule has 0 saturated carbocycles. The highest BCUT2D eigenvalue weighted by atomic mass is 16.5. The van der Waals surface area contributed by atoms with Crippen molar-refractivity contribution in [3.63, 3.8) is 0 Å². The Labute approximate surface area is 134 Å². The number of benzene rings is 1. The van der Waals surface area contributed by atoms with Crippen LogP contribution in [0.3, 0.4) is 0 Å². The summed E-state index contributed by atoms with van der Waals surface area (Å²) in [6.07, 6.45) is 2.32. The zero-order valence-electron chi connectivity index (χ0n) is 13.1. The number of carbonyl (C=O) groups is 1. The summed E-state index contributed by atoms with van der Waals surface area (Å²) in [6, 6.07) is 9.07. The maximum absolute atomic E-state index is 11.9. The van der Waals surface area contributed by atoms with Crippen molar-refractivity contribution < 1.29 is 18.8 Å². The van der Waals surface area contributed by atoms with Crippen LogP contribution in [0, 0.1) is 6.92 Å². The second kappa shape index (κ2) is 7.17. The van der Waals surface area contributed by atoms with E-state index in [1.165, 1.54) is 0 Å². The van der Waals surface area contributed by atoms with E-state index in [1.54, 1.807) is 12.1 Å². The highest BCUT2D eigenvalue weighted by Gasteiger charge is 2.22. The molecule has 6 nitrogen and oxygen atoms in total. The number of aromatic nitrogens is 1. The molecule has 1 amide bonds. The minimum absolute atomic E-state index is 0.0384. The monoisotopic (exact) mass is 316 g/mol. The van der Waals surface area contributed by atoms with Crippen LogP contribution >= 0.6 is 0 Å². The Morgan fingerprint density at radius 3 is 2.78 bits per heavy atom. The number of hydrogen-bond donors (Lipinski definition) is 1. The molecular formula is C17H20N2O4. The van der Waals surface area contributed by atoms with Gasteiger partial charge in [0.15, 0.2) is 11.9 Å². The molecular weight excluding hydrogens is 296 g/mol. The summed E-state index contributed by atoms with van der Waals surface area (Å²) in [7, 11) is 0. The Bertz CT molecular complexity index is 651. The van der Waals surface area contributed by atoms with E-state index in [2.05, 4.69) is 10.5 Å². The normalized spacial score (nSPS) is 18.1. The van der Waals surface area contributed by atoms with Crippen molar-refractivity contribution in [3.05, 3.63) is 41.8 Å². The van der Waals surface area contributed by atoms with Crippen molar-refractivity contribution in [2.45, 2.75) is 38.9 Å². The number of rotatable bonds is 5. The summed E-state index contributed by atoms with van der Waals surface area (Å²) in [5.74, 6) is 2.01. The van der Waals surface area contributed by atoms with Gasteiger partial charge in [0.1, 0.15) is 18.1 Å². The van der Waals surface area contributed by atoms with Crippen molar-refractivity contribution in [2.75, 3.05) is 6.54 Å². The Kier molecular flexibility index (Phi) is 4.80. The molecule has 3 rings (SSSR count). The second-order valence-corrected chi connectivity index (χ2v) is 5.59. The van der Waals surface area contributed by atoms with Crippen LogP contribution in [0.1, 0.15) is 30.7 Å². The lowest BCUT2D eigenvalue weighted by molar-refractivity contribution is -0.127. The molecule has 122 valence electrons. The van der Waals surface area contributed by atoms with E-state index in [1.807, 2.05) is 25.1 Å². The highest BCUT2D eigenvalue weighted by molar-refractivity contribution is 5.81. The number of nitrogens with one attached hydrogen (secondary N) is 1. The molecule has 0 aliphatic carbocycles. The third kappa shape index (κ3) is 4.25. The Morgan fingerprint density at radius 1 is 1.26 bits per heavy atom. The molecule has 1 atom stereocenters. The number of aryl methyl sites for hydroxylation is 1. The van der Waals surface area contributed by atoms with Gasteiger partial charge in [-0.15, -0.1) is 0 Å². The molecule has 0 spiro atoms. The minimum Gasteiger partial charge on any atom is -0.486 e. The molecule has 1 aromatic heterocycles. The summed E-state index contributed by atoms with van der Waals surface area (Å²) in [5.41, 5.74) is 0.828. The second-order valence-electron chi connectivity index (χ2n) is 5.59. The molecule has 1 unspecified atom stereocenters. The van der Waals surface area contributed by atoms with E-state index < -0.39 is 6.10 Å². The number of amides is 1. The van der Waals surface area contributed by atoms with E-state index in [9.17, 15) is 4.79 Å². The number of nitrogens with zero attached hydrogens (tertiary/aromatic N) is 1. The lowest BCUT2D eigenvalue weighted by Crippen LogP contribution is -2.36. The molecule has 1 saturated heterocycles. The number of hydrogen-bond acceptors (Lipinski definition) is 5. The predicted molar refractivity (Wildman–Crippen MR) is 83.3 cm³/mol. The maximum Gasteiger partial charge on any atom is 0.261 e. The van der Waals surface area contributed by atoms with Gasteiger partial charge >= 0.3 is 0 Å². The van der Waals surface area contributed by atoms with Crippen molar-refractivity contribution in [3.8, 4) is 11.5 Å². The van der Waals surface area contributed by atoms with Gasteiger partial charge in [-0.1, -0.05) is 5.16 Å². The lowest BCUT2D eigenvalue weighted by Gasteiger charge is -2.16. The van der Waals surface area contributed by atoms with Gasteiger partial charge in [-0.2, -0.15) is 0 Å². The van der Waals surface area contributed by atoms with Gasteiger partial charge in [0.25, 0.3) is 5.91 Å². The summed E-state index contributed by atoms with van der Waals surface area (Å²) in [6.45, 7) is 2.92. The van der Waals surface area contributed by atoms with E-state index in [-0.39, 0.29) is 5.91 Å². The topological polar surface area (TPSA) is 73.6 Å². The van der Waals surface area contributed by atoms with Crippen LogP contribution in [0.5, 0.6) is 11.5 Å². The van der Waals surface area contributed by atoms with Crippen LogP contribution in [0.2, 0.25) is 0 Å². The van der Waals surface area contributed by atoms with Crippen LogP contribution in [-0.4, -0.2) is 23.7 Å². The molecule has 0 radical (unpaired) electrons. The molecule has 1 N–H and O–H groups in total. The van der Waals surface area contributed by atoms with Gasteiger partial charge in [-0.25, -0.2) is 0 Å². The zero-order chi connectivity index (χ0) is 16.1. The first-order chi connectivity index (χ1) is 11.2. The van der Waals surface area contributed by atoms with Crippen molar-refractivity contribution >= 4 is 5.91 Å². The average molecular weight is 316 g/mol. The van der Waals surface area contributed by atoms with Gasteiger partial charge in [0.05, 0.1) is 5.69 Å². The van der Waals surface area contributed by atoms with Crippen LogP contribution in [0.25, 0.3) is 0 Å². The maximum atomic E-state index is 11.9. The fourth-order valence-corrected chi connectivity index (χ4v) is 2.44. The van der Waals surface area contributed by atoms with Gasteiger partial charge in [0, 0.05) is 12.6 Å². The standard InChI is InChI=1S/C17H20N2O4/c1-12-10-15(23-19-12)11-21-13-5-7-14(8-6-13)22-16-4-2-3-9-18-17(16)20/h5-8,10,16H,2-4,9,11H2,1H3,(H,18,20). The quantitative estimate of drug-likeness (QED) is 0.918. The average Bonchev–Trinajstić information content (AvgIpc) is 2.87. The van der Waals surface area contributed by atoms with E-state index in [0.29, 0.717) is 23.9 Å². The molecule has 2 aromatic rings. The third-order valence-electron chi connectivity index (χ3n) is 3.64. The summed E-state index contributed by atoms with van der Waals surface area (Å²) in [5, 5.41) is 6.67. The lowest BCUT2D eigenvalue weighted by atomic mass is 10.2. The zero-order valence-corrected chi connectivity index (χ0v) is 13.1. The number of carbonyl (C=O) groups excluding carboxylic acids is 1. The Morgan fingerprint density at radius 2 is 2.04 bits per heavy atom. The smallest absolute Gasteiger partial charge is 0.261 e. The van der Waals surface area contributed by atoms with Gasteiger partial charge in [0.2, 0.25) is 0 Å². The predicted octanol–water partition coefficient (Wildman–Crippen LogP) is 2.61. The number of ether oxygens (including phenoxy) is 2. The van der Waals surface area contributed by atoms with E-state index >= 15 is 0 Å². The molecule has 2 heterocycles. The SMILES string of the molecule is Cc1cc(COc2ccc(OC3CCCCNC3=O)cc2)on1. The summed E-state index contributed by atoms with van der Waals surface area (Å²) < 4.78 is 16.5. The molecule has 0 bridgehead atoms. The minimum atomic E-state index is -0.415. The molecule has 23 heavy (non-hydrogen) atoms. The van der Waals surface area contributed by atoms with Gasteiger partial charge < -0.3 is 19.3 Å². The Balaban J connectivity index is 1.55. The van der Waals surface area contributed by atoms with Crippen molar-refractivity contribution in [2.24, 2.45) is 0 Å². The first-order valence-corrected chi connectivity index (χ1v) is 7.80. The molecule has 1 aliphatic heterocycles. The first kappa shape index (κ1) is 15.4. The summed E-state index contributed by atoms with van der Waals surface area (Å²) in [4.78, 5) is 11.9. The van der Waals surface area contributed by atoms with E-state index in [0.717, 1.165) is 31.5 Å². The molecule has 1 aliphatic rings. The van der Waals surface area contributed by atoms with Crippen molar-refractivity contribution in [1.82, 2.24) is 10.5 Å². The first-order valence-electron chi connectivity index (χ1n) is 7.80. The van der Waals surface area contributed by atoms with Gasteiger partial charge in [-0.3, -0.25) is 4.79 Å². The molecule has 1 aromatic carbocycles.